The number of aliphatic imine (C=N–C) groups is 1. The Hall–Kier alpha value is -1.02. The number of halogens is 1. The molecule has 0 saturated carbocycles. The van der Waals surface area contributed by atoms with Crippen LogP contribution in [0.5, 0.6) is 5.75 Å². The second-order valence-corrected chi connectivity index (χ2v) is 5.18. The summed E-state index contributed by atoms with van der Waals surface area (Å²) >= 11 is 0. The maximum absolute atomic E-state index is 5.17. The Bertz CT molecular complexity index is 437. The highest BCUT2D eigenvalue weighted by molar-refractivity contribution is 14.0. The zero-order valence-electron chi connectivity index (χ0n) is 14.8. The number of ether oxygens (including phenoxy) is 1. The molecular weight excluding hydrogens is 403 g/mol. The van der Waals surface area contributed by atoms with Gasteiger partial charge in [0.25, 0.3) is 0 Å². The number of methoxy groups -OCH3 is 1. The highest BCUT2D eigenvalue weighted by Crippen LogP contribution is 2.11. The topological polar surface area (TPSA) is 48.9 Å². The van der Waals surface area contributed by atoms with Gasteiger partial charge in [-0.15, -0.1) is 24.0 Å². The van der Waals surface area contributed by atoms with Gasteiger partial charge in [-0.25, -0.2) is 0 Å². The van der Waals surface area contributed by atoms with Crippen molar-refractivity contribution >= 4 is 29.9 Å². The van der Waals surface area contributed by atoms with Crippen LogP contribution >= 0.6 is 24.0 Å². The molecule has 0 heterocycles. The average molecular weight is 434 g/mol. The summed E-state index contributed by atoms with van der Waals surface area (Å²) in [6.45, 7) is 8.81. The monoisotopic (exact) mass is 434 g/mol. The fourth-order valence-corrected chi connectivity index (χ4v) is 1.95. The molecule has 1 aromatic rings. The van der Waals surface area contributed by atoms with E-state index in [9.17, 15) is 0 Å². The largest absolute Gasteiger partial charge is 0.497 e. The van der Waals surface area contributed by atoms with E-state index in [0.717, 1.165) is 50.9 Å². The molecule has 0 amide bonds. The van der Waals surface area contributed by atoms with Gasteiger partial charge in [-0.3, -0.25) is 4.99 Å². The van der Waals surface area contributed by atoms with Crippen molar-refractivity contribution in [2.24, 2.45) is 4.99 Å². The molecule has 0 aliphatic heterocycles. The molecule has 0 aliphatic carbocycles. The van der Waals surface area contributed by atoms with Crippen LogP contribution in [0.4, 0.5) is 0 Å². The molecule has 1 aromatic carbocycles. The van der Waals surface area contributed by atoms with Crippen LogP contribution < -0.4 is 15.4 Å². The van der Waals surface area contributed by atoms with E-state index in [0.29, 0.717) is 0 Å². The molecule has 132 valence electrons. The number of hydrogen-bond acceptors (Lipinski definition) is 3. The third kappa shape index (κ3) is 9.65. The molecule has 6 heteroatoms. The fourth-order valence-electron chi connectivity index (χ4n) is 1.95. The lowest BCUT2D eigenvalue weighted by atomic mass is 10.1. The summed E-state index contributed by atoms with van der Waals surface area (Å²) in [5.74, 6) is 1.78. The number of guanidine groups is 1. The first kappa shape index (κ1) is 22.0. The molecule has 5 nitrogen and oxygen atoms in total. The van der Waals surface area contributed by atoms with Crippen LogP contribution in [0.3, 0.4) is 0 Å². The lowest BCUT2D eigenvalue weighted by molar-refractivity contribution is 0.363. The molecule has 2 N–H and O–H groups in total. The Kier molecular flexibility index (Phi) is 12.8. The Morgan fingerprint density at radius 2 is 1.87 bits per heavy atom. The van der Waals surface area contributed by atoms with E-state index in [4.69, 9.17) is 4.74 Å². The normalized spacial score (nSPS) is 11.1. The minimum Gasteiger partial charge on any atom is -0.497 e. The van der Waals surface area contributed by atoms with Gasteiger partial charge in [0.05, 0.1) is 13.7 Å². The van der Waals surface area contributed by atoms with Crippen molar-refractivity contribution in [3.63, 3.8) is 0 Å². The van der Waals surface area contributed by atoms with Gasteiger partial charge in [0.1, 0.15) is 5.75 Å². The van der Waals surface area contributed by atoms with Gasteiger partial charge in [-0.1, -0.05) is 19.1 Å². The molecule has 0 unspecified atom stereocenters. The highest BCUT2D eigenvalue weighted by Gasteiger charge is 1.99. The van der Waals surface area contributed by atoms with E-state index < -0.39 is 0 Å². The molecule has 0 aliphatic rings. The van der Waals surface area contributed by atoms with Gasteiger partial charge < -0.3 is 20.3 Å². The second kappa shape index (κ2) is 13.4. The molecule has 0 fully saturated rings. The summed E-state index contributed by atoms with van der Waals surface area (Å²) in [5.41, 5.74) is 1.29. The predicted molar refractivity (Wildman–Crippen MR) is 109 cm³/mol. The van der Waals surface area contributed by atoms with Crippen LogP contribution in [0.2, 0.25) is 0 Å². The van der Waals surface area contributed by atoms with E-state index in [1.807, 2.05) is 12.1 Å². The summed E-state index contributed by atoms with van der Waals surface area (Å²) in [6.07, 6.45) is 0.962. The molecule has 0 atom stereocenters. The lowest BCUT2D eigenvalue weighted by Crippen LogP contribution is -2.38. The standard InChI is InChI=1S/C17H30N4O.HI/c1-5-18-17(20-13-14-21(3)6-2)19-12-11-15-7-9-16(22-4)10-8-15;/h7-10H,5-6,11-14H2,1-4H3,(H2,18,19,20);1H. The Morgan fingerprint density at radius 1 is 1.17 bits per heavy atom. The number of benzene rings is 1. The zero-order valence-corrected chi connectivity index (χ0v) is 17.1. The van der Waals surface area contributed by atoms with Crippen molar-refractivity contribution in [1.82, 2.24) is 15.5 Å². The Balaban J connectivity index is 0.00000484. The minimum absolute atomic E-state index is 0. The predicted octanol–water partition coefficient (Wildman–Crippen LogP) is 2.36. The molecule has 0 bridgehead atoms. The summed E-state index contributed by atoms with van der Waals surface area (Å²) in [4.78, 5) is 6.85. The minimum atomic E-state index is 0. The number of nitrogens with one attached hydrogen (secondary N) is 2. The zero-order chi connectivity index (χ0) is 16.2. The average Bonchev–Trinajstić information content (AvgIpc) is 2.55. The smallest absolute Gasteiger partial charge is 0.191 e. The Morgan fingerprint density at radius 3 is 2.43 bits per heavy atom. The quantitative estimate of drug-likeness (QED) is 0.356. The molecule has 0 spiro atoms. The van der Waals surface area contributed by atoms with Gasteiger partial charge in [0.15, 0.2) is 5.96 Å². The molecule has 0 radical (unpaired) electrons. The fraction of sp³-hybridized carbons (Fsp3) is 0.588. The maximum atomic E-state index is 5.17. The third-order valence-electron chi connectivity index (χ3n) is 3.50. The third-order valence-corrected chi connectivity index (χ3v) is 3.50. The molecule has 1 rings (SSSR count). The maximum Gasteiger partial charge on any atom is 0.191 e. The van der Waals surface area contributed by atoms with Crippen LogP contribution in [0.1, 0.15) is 19.4 Å². The second-order valence-electron chi connectivity index (χ2n) is 5.18. The molecule has 0 aromatic heterocycles. The first-order chi connectivity index (χ1) is 10.7. The van der Waals surface area contributed by atoms with Crippen molar-refractivity contribution in [2.75, 3.05) is 46.9 Å². The summed E-state index contributed by atoms with van der Waals surface area (Å²) in [5, 5.41) is 6.66. The van der Waals surface area contributed by atoms with Gasteiger partial charge in [0, 0.05) is 19.6 Å². The lowest BCUT2D eigenvalue weighted by Gasteiger charge is -2.14. The SMILES string of the molecule is CCNC(=NCCN(C)CC)NCCc1ccc(OC)cc1.I. The van der Waals surface area contributed by atoms with Crippen molar-refractivity contribution in [1.29, 1.82) is 0 Å². The first-order valence-corrected chi connectivity index (χ1v) is 8.03. The number of hydrogen-bond donors (Lipinski definition) is 2. The van der Waals surface area contributed by atoms with E-state index >= 15 is 0 Å². The van der Waals surface area contributed by atoms with E-state index in [2.05, 4.69) is 53.6 Å². The van der Waals surface area contributed by atoms with Gasteiger partial charge in [-0.2, -0.15) is 0 Å². The number of rotatable bonds is 9. The number of likely N-dealkylation sites (N-methyl/N-ethyl adjacent to an activating group) is 1. The molecular formula is C17H31IN4O. The van der Waals surface area contributed by atoms with Gasteiger partial charge >= 0.3 is 0 Å². The van der Waals surface area contributed by atoms with Crippen LogP contribution in [0, 0.1) is 0 Å². The van der Waals surface area contributed by atoms with E-state index in [1.165, 1.54) is 5.56 Å². The van der Waals surface area contributed by atoms with Crippen LogP contribution in [0.15, 0.2) is 29.3 Å². The first-order valence-electron chi connectivity index (χ1n) is 8.03. The summed E-state index contributed by atoms with van der Waals surface area (Å²) < 4.78 is 5.17. The molecule has 0 saturated heterocycles. The van der Waals surface area contributed by atoms with Crippen molar-refractivity contribution in [3.05, 3.63) is 29.8 Å². The van der Waals surface area contributed by atoms with Crippen LogP contribution in [0.25, 0.3) is 0 Å². The van der Waals surface area contributed by atoms with Gasteiger partial charge in [0.2, 0.25) is 0 Å². The van der Waals surface area contributed by atoms with Crippen LogP contribution in [-0.4, -0.2) is 57.7 Å². The van der Waals surface area contributed by atoms with Gasteiger partial charge in [-0.05, 0) is 44.6 Å². The van der Waals surface area contributed by atoms with E-state index in [1.54, 1.807) is 7.11 Å². The Labute approximate surface area is 157 Å². The highest BCUT2D eigenvalue weighted by atomic mass is 127. The van der Waals surface area contributed by atoms with Crippen LogP contribution in [-0.2, 0) is 6.42 Å². The number of nitrogens with zero attached hydrogens (tertiary/aromatic N) is 2. The van der Waals surface area contributed by atoms with E-state index in [-0.39, 0.29) is 24.0 Å². The summed E-state index contributed by atoms with van der Waals surface area (Å²) in [6, 6.07) is 8.19. The summed E-state index contributed by atoms with van der Waals surface area (Å²) in [7, 11) is 3.80. The molecule has 23 heavy (non-hydrogen) atoms. The van der Waals surface area contributed by atoms with Crippen molar-refractivity contribution in [3.8, 4) is 5.75 Å². The van der Waals surface area contributed by atoms with Crippen molar-refractivity contribution in [2.45, 2.75) is 20.3 Å². The van der Waals surface area contributed by atoms with Crippen molar-refractivity contribution < 1.29 is 4.74 Å².